The van der Waals surface area contributed by atoms with Crippen LogP contribution in [0, 0.1) is 0 Å². The first kappa shape index (κ1) is 13.7. The highest BCUT2D eigenvalue weighted by Gasteiger charge is 2.05. The zero-order valence-electron chi connectivity index (χ0n) is 10.9. The summed E-state index contributed by atoms with van der Waals surface area (Å²) in [7, 11) is 0. The highest BCUT2D eigenvalue weighted by Crippen LogP contribution is 2.25. The average Bonchev–Trinajstić information content (AvgIpc) is 2.94. The van der Waals surface area contributed by atoms with Gasteiger partial charge in [-0.25, -0.2) is 9.89 Å². The molecule has 3 N–H and O–H groups in total. The lowest BCUT2D eigenvalue weighted by atomic mass is 10.3. The fraction of sp³-hybridized carbons (Fsp3) is 0.250. The maximum absolute atomic E-state index is 11.5. The molecular formula is C12H15N5O3. The Balaban J connectivity index is 1.79. The lowest BCUT2D eigenvalue weighted by Crippen LogP contribution is -2.32. The Kier molecular flexibility index (Phi) is 4.76. The zero-order chi connectivity index (χ0) is 14.2. The fourth-order valence-electron chi connectivity index (χ4n) is 1.44. The number of urea groups is 1. The number of aromatic nitrogens is 3. The van der Waals surface area contributed by atoms with Gasteiger partial charge >= 0.3 is 6.03 Å². The number of hydrogen-bond acceptors (Lipinski definition) is 5. The minimum absolute atomic E-state index is 0.00403. The van der Waals surface area contributed by atoms with E-state index < -0.39 is 6.03 Å². The van der Waals surface area contributed by atoms with Crippen molar-refractivity contribution in [1.29, 1.82) is 0 Å². The predicted molar refractivity (Wildman–Crippen MR) is 71.6 cm³/mol. The van der Waals surface area contributed by atoms with Crippen LogP contribution < -0.4 is 20.1 Å². The van der Waals surface area contributed by atoms with E-state index in [9.17, 15) is 4.79 Å². The summed E-state index contributed by atoms with van der Waals surface area (Å²) in [5, 5.41) is 11.1. The smallest absolute Gasteiger partial charge is 0.324 e. The number of nitrogens with zero attached hydrogens (tertiary/aromatic N) is 2. The Bertz CT molecular complexity index is 544. The van der Waals surface area contributed by atoms with E-state index in [0.29, 0.717) is 18.1 Å². The van der Waals surface area contributed by atoms with Gasteiger partial charge in [-0.3, -0.25) is 5.32 Å². The van der Waals surface area contributed by atoms with Gasteiger partial charge in [0.05, 0.1) is 6.61 Å². The van der Waals surface area contributed by atoms with Crippen LogP contribution in [0.4, 0.5) is 10.7 Å². The molecule has 1 heterocycles. The van der Waals surface area contributed by atoms with Crippen LogP contribution in [0.5, 0.6) is 11.5 Å². The lowest BCUT2D eigenvalue weighted by molar-refractivity contribution is 0.229. The summed E-state index contributed by atoms with van der Waals surface area (Å²) in [4.78, 5) is 15.3. The van der Waals surface area contributed by atoms with Crippen LogP contribution in [0.2, 0.25) is 0 Å². The second-order valence-corrected chi connectivity index (χ2v) is 3.63. The third kappa shape index (κ3) is 3.87. The van der Waals surface area contributed by atoms with E-state index in [1.54, 1.807) is 12.1 Å². The van der Waals surface area contributed by atoms with Crippen LogP contribution in [0.25, 0.3) is 0 Å². The molecule has 2 rings (SSSR count). The Labute approximate surface area is 115 Å². The molecule has 20 heavy (non-hydrogen) atoms. The molecule has 0 atom stereocenters. The number of H-pyrrole nitrogens is 1. The van der Waals surface area contributed by atoms with Crippen molar-refractivity contribution in [2.75, 3.05) is 18.7 Å². The zero-order valence-corrected chi connectivity index (χ0v) is 10.9. The monoisotopic (exact) mass is 277 g/mol. The molecule has 2 amide bonds. The minimum atomic E-state index is -0.448. The molecule has 1 aromatic heterocycles. The van der Waals surface area contributed by atoms with Crippen LogP contribution in [0.15, 0.2) is 30.6 Å². The molecule has 8 nitrogen and oxygen atoms in total. The average molecular weight is 277 g/mol. The van der Waals surface area contributed by atoms with E-state index in [4.69, 9.17) is 9.47 Å². The predicted octanol–water partition coefficient (Wildman–Crippen LogP) is 1.36. The summed E-state index contributed by atoms with van der Waals surface area (Å²) in [5.74, 6) is 1.46. The van der Waals surface area contributed by atoms with Crippen molar-refractivity contribution < 1.29 is 14.3 Å². The summed E-state index contributed by atoms with van der Waals surface area (Å²) >= 11 is 0. The van der Waals surface area contributed by atoms with Gasteiger partial charge in [-0.2, -0.15) is 10.1 Å². The molecule has 106 valence electrons. The molecule has 0 aliphatic carbocycles. The molecule has 0 bridgehead atoms. The van der Waals surface area contributed by atoms with Gasteiger partial charge in [-0.15, -0.1) is 0 Å². The van der Waals surface area contributed by atoms with Gasteiger partial charge in [0.2, 0.25) is 5.95 Å². The molecule has 0 fully saturated rings. The molecule has 0 aliphatic rings. The van der Waals surface area contributed by atoms with Crippen LogP contribution in [0.1, 0.15) is 6.92 Å². The number of para-hydroxylation sites is 2. The van der Waals surface area contributed by atoms with Crippen LogP contribution >= 0.6 is 0 Å². The topological polar surface area (TPSA) is 101 Å². The van der Waals surface area contributed by atoms with Gasteiger partial charge in [0.25, 0.3) is 0 Å². The lowest BCUT2D eigenvalue weighted by Gasteiger charge is -2.12. The van der Waals surface area contributed by atoms with Crippen molar-refractivity contribution in [3.05, 3.63) is 30.6 Å². The van der Waals surface area contributed by atoms with Gasteiger partial charge in [0, 0.05) is 0 Å². The number of benzene rings is 1. The van der Waals surface area contributed by atoms with Gasteiger partial charge in [-0.05, 0) is 19.1 Å². The molecule has 1 aromatic carbocycles. The number of amides is 2. The maximum Gasteiger partial charge on any atom is 0.324 e. The number of carbonyl (C=O) groups excluding carboxylic acids is 1. The Morgan fingerprint density at radius 3 is 2.70 bits per heavy atom. The SMILES string of the molecule is CCOc1ccccc1OCNC(=O)Nc1ncn[nH]1. The van der Waals surface area contributed by atoms with Gasteiger partial charge in [0.15, 0.2) is 18.2 Å². The standard InChI is InChI=1S/C12H15N5O3/c1-2-19-9-5-3-4-6-10(9)20-8-14-12(18)16-11-13-7-15-17-11/h3-7H,2,8H2,1H3,(H3,13,14,15,16,17,18). The van der Waals surface area contributed by atoms with Crippen molar-refractivity contribution >= 4 is 12.0 Å². The molecule has 0 saturated heterocycles. The Morgan fingerprint density at radius 2 is 2.05 bits per heavy atom. The molecular weight excluding hydrogens is 262 g/mol. The highest BCUT2D eigenvalue weighted by atomic mass is 16.5. The Morgan fingerprint density at radius 1 is 1.30 bits per heavy atom. The summed E-state index contributed by atoms with van der Waals surface area (Å²) < 4.78 is 10.8. The number of ether oxygens (including phenoxy) is 2. The number of rotatable bonds is 6. The van der Waals surface area contributed by atoms with Crippen LogP contribution in [-0.4, -0.2) is 34.6 Å². The summed E-state index contributed by atoms with van der Waals surface area (Å²) in [5.41, 5.74) is 0. The van der Waals surface area contributed by atoms with Crippen molar-refractivity contribution in [2.45, 2.75) is 6.92 Å². The number of nitrogens with one attached hydrogen (secondary N) is 3. The van der Waals surface area contributed by atoms with Gasteiger partial charge < -0.3 is 14.8 Å². The summed E-state index contributed by atoms with van der Waals surface area (Å²) in [6.07, 6.45) is 1.30. The third-order valence-corrected chi connectivity index (χ3v) is 2.26. The quantitative estimate of drug-likeness (QED) is 0.692. The second kappa shape index (κ2) is 6.98. The van der Waals surface area contributed by atoms with E-state index in [-0.39, 0.29) is 12.7 Å². The van der Waals surface area contributed by atoms with Crippen LogP contribution in [-0.2, 0) is 0 Å². The van der Waals surface area contributed by atoms with E-state index in [2.05, 4.69) is 25.8 Å². The fourth-order valence-corrected chi connectivity index (χ4v) is 1.44. The summed E-state index contributed by atoms with van der Waals surface area (Å²) in [6, 6.07) is 6.79. The number of hydrogen-bond donors (Lipinski definition) is 3. The van der Waals surface area contributed by atoms with Crippen molar-refractivity contribution in [1.82, 2.24) is 20.5 Å². The number of carbonyl (C=O) groups is 1. The number of aromatic amines is 1. The third-order valence-electron chi connectivity index (χ3n) is 2.26. The minimum Gasteiger partial charge on any atom is -0.490 e. The highest BCUT2D eigenvalue weighted by molar-refractivity contribution is 5.87. The second-order valence-electron chi connectivity index (χ2n) is 3.63. The van der Waals surface area contributed by atoms with Gasteiger partial charge in [-0.1, -0.05) is 12.1 Å². The molecule has 0 unspecified atom stereocenters. The van der Waals surface area contributed by atoms with E-state index in [0.717, 1.165) is 0 Å². The van der Waals surface area contributed by atoms with Crippen LogP contribution in [0.3, 0.4) is 0 Å². The number of anilines is 1. The van der Waals surface area contributed by atoms with Gasteiger partial charge in [0.1, 0.15) is 6.33 Å². The molecule has 8 heteroatoms. The first-order valence-electron chi connectivity index (χ1n) is 6.04. The van der Waals surface area contributed by atoms with E-state index >= 15 is 0 Å². The van der Waals surface area contributed by atoms with Crippen molar-refractivity contribution in [3.63, 3.8) is 0 Å². The van der Waals surface area contributed by atoms with Crippen molar-refractivity contribution in [2.24, 2.45) is 0 Å². The molecule has 0 radical (unpaired) electrons. The maximum atomic E-state index is 11.5. The van der Waals surface area contributed by atoms with Crippen molar-refractivity contribution in [3.8, 4) is 11.5 Å². The molecule has 0 saturated carbocycles. The molecule has 0 spiro atoms. The van der Waals surface area contributed by atoms with E-state index in [1.807, 2.05) is 19.1 Å². The largest absolute Gasteiger partial charge is 0.490 e. The summed E-state index contributed by atoms with van der Waals surface area (Å²) in [6.45, 7) is 2.43. The molecule has 2 aromatic rings. The molecule has 0 aliphatic heterocycles. The van der Waals surface area contributed by atoms with E-state index in [1.165, 1.54) is 6.33 Å². The first-order chi connectivity index (χ1) is 9.79. The first-order valence-corrected chi connectivity index (χ1v) is 6.04. The Hall–Kier alpha value is -2.77. The normalized spacial score (nSPS) is 9.85.